The van der Waals surface area contributed by atoms with Gasteiger partial charge in [0, 0.05) is 18.2 Å². The fourth-order valence-electron chi connectivity index (χ4n) is 0.750. The molecule has 0 bridgehead atoms. The first-order valence-corrected chi connectivity index (χ1v) is 3.49. The summed E-state index contributed by atoms with van der Waals surface area (Å²) in [6, 6.07) is 3.44. The summed E-state index contributed by atoms with van der Waals surface area (Å²) in [5, 5.41) is 0. The fraction of sp³-hybridized carbons (Fsp3) is 0.143. The molecule has 1 aromatic carbocycles. The predicted octanol–water partition coefficient (Wildman–Crippen LogP) is 1.90. The summed E-state index contributed by atoms with van der Waals surface area (Å²) in [6.07, 6.45) is 0. The molecule has 0 aliphatic rings. The van der Waals surface area contributed by atoms with Gasteiger partial charge in [-0.3, -0.25) is 4.72 Å². The van der Waals surface area contributed by atoms with E-state index in [0.29, 0.717) is 5.56 Å². The molecular weight excluding hydrogens is 168 g/mol. The monoisotopic (exact) mass is 175 g/mol. The van der Waals surface area contributed by atoms with Gasteiger partial charge in [0.1, 0.15) is 11.6 Å². The molecule has 0 fully saturated rings. The van der Waals surface area contributed by atoms with E-state index in [9.17, 15) is 8.78 Å². The van der Waals surface area contributed by atoms with Gasteiger partial charge in [0.15, 0.2) is 0 Å². The van der Waals surface area contributed by atoms with Crippen molar-refractivity contribution in [3.05, 3.63) is 35.4 Å². The molecule has 0 spiro atoms. The van der Waals surface area contributed by atoms with Crippen LogP contribution >= 0.6 is 12.8 Å². The third-order valence-corrected chi connectivity index (χ3v) is 1.44. The van der Waals surface area contributed by atoms with E-state index >= 15 is 0 Å². The highest BCUT2D eigenvalue weighted by molar-refractivity contribution is 7.78. The van der Waals surface area contributed by atoms with Crippen molar-refractivity contribution in [1.82, 2.24) is 4.72 Å². The van der Waals surface area contributed by atoms with Crippen molar-refractivity contribution in [2.75, 3.05) is 0 Å². The van der Waals surface area contributed by atoms with Crippen LogP contribution in [0.2, 0.25) is 0 Å². The molecule has 0 saturated carbocycles. The quantitative estimate of drug-likeness (QED) is 0.654. The largest absolute Gasteiger partial charge is 0.262 e. The van der Waals surface area contributed by atoms with Crippen molar-refractivity contribution in [3.63, 3.8) is 0 Å². The van der Waals surface area contributed by atoms with Crippen molar-refractivity contribution in [2.45, 2.75) is 6.54 Å². The van der Waals surface area contributed by atoms with Crippen LogP contribution in [-0.4, -0.2) is 0 Å². The number of rotatable bonds is 2. The molecule has 0 unspecified atom stereocenters. The standard InChI is InChI=1S/C7H7F2NS/c8-6-2-1-5(4-10-11)7(9)3-6/h1-3,10-11H,4H2. The molecule has 0 aliphatic carbocycles. The Balaban J connectivity index is 2.90. The van der Waals surface area contributed by atoms with Gasteiger partial charge in [0.25, 0.3) is 0 Å². The minimum atomic E-state index is -0.564. The summed E-state index contributed by atoms with van der Waals surface area (Å²) in [4.78, 5) is 0. The fourth-order valence-corrected chi connectivity index (χ4v) is 0.921. The zero-order valence-corrected chi connectivity index (χ0v) is 6.54. The van der Waals surface area contributed by atoms with E-state index < -0.39 is 11.6 Å². The zero-order chi connectivity index (χ0) is 8.27. The topological polar surface area (TPSA) is 12.0 Å². The van der Waals surface area contributed by atoms with Crippen LogP contribution in [0.1, 0.15) is 5.56 Å². The summed E-state index contributed by atoms with van der Waals surface area (Å²) in [5.74, 6) is -1.11. The van der Waals surface area contributed by atoms with Gasteiger partial charge in [-0.25, -0.2) is 8.78 Å². The molecule has 1 nitrogen and oxygen atoms in total. The second-order valence-corrected chi connectivity index (χ2v) is 2.39. The highest BCUT2D eigenvalue weighted by atomic mass is 32.1. The Morgan fingerprint density at radius 3 is 2.64 bits per heavy atom. The second-order valence-electron chi connectivity index (χ2n) is 2.07. The summed E-state index contributed by atoms with van der Waals surface area (Å²) in [6.45, 7) is 0.287. The Bertz CT molecular complexity index is 252. The zero-order valence-electron chi connectivity index (χ0n) is 5.64. The third kappa shape index (κ3) is 2.17. The normalized spacial score (nSPS) is 10.1. The van der Waals surface area contributed by atoms with Gasteiger partial charge in [-0.05, 0) is 6.07 Å². The number of benzene rings is 1. The lowest BCUT2D eigenvalue weighted by Crippen LogP contribution is -2.01. The molecule has 0 aromatic heterocycles. The van der Waals surface area contributed by atoms with Crippen LogP contribution in [0, 0.1) is 11.6 Å². The van der Waals surface area contributed by atoms with Gasteiger partial charge in [-0.15, -0.1) is 0 Å². The highest BCUT2D eigenvalue weighted by Gasteiger charge is 2.01. The van der Waals surface area contributed by atoms with E-state index in [1.807, 2.05) is 0 Å². The van der Waals surface area contributed by atoms with Gasteiger partial charge in [-0.1, -0.05) is 18.9 Å². The molecule has 0 aliphatic heterocycles. The second kappa shape index (κ2) is 3.69. The molecule has 0 atom stereocenters. The molecular formula is C7H7F2NS. The number of hydrogen-bond donors (Lipinski definition) is 2. The average molecular weight is 175 g/mol. The lowest BCUT2D eigenvalue weighted by Gasteiger charge is -1.99. The van der Waals surface area contributed by atoms with Gasteiger partial charge >= 0.3 is 0 Å². The first kappa shape index (κ1) is 8.49. The Morgan fingerprint density at radius 1 is 1.36 bits per heavy atom. The molecule has 0 heterocycles. The summed E-state index contributed by atoms with van der Waals surface area (Å²) >= 11 is 3.69. The SMILES string of the molecule is Fc1ccc(CNS)c(F)c1. The van der Waals surface area contributed by atoms with Crippen LogP contribution < -0.4 is 4.72 Å². The number of thiol groups is 1. The Kier molecular flexibility index (Phi) is 2.84. The number of hydrogen-bond acceptors (Lipinski definition) is 2. The van der Waals surface area contributed by atoms with Crippen molar-refractivity contribution >= 4 is 12.8 Å². The third-order valence-electron chi connectivity index (χ3n) is 1.28. The molecule has 1 rings (SSSR count). The molecule has 1 N–H and O–H groups in total. The number of nitrogens with one attached hydrogen (secondary N) is 1. The van der Waals surface area contributed by atoms with Crippen LogP contribution in [0.4, 0.5) is 8.78 Å². The van der Waals surface area contributed by atoms with Gasteiger partial charge in [0.05, 0.1) is 0 Å². The summed E-state index contributed by atoms with van der Waals surface area (Å²) in [7, 11) is 0. The molecule has 11 heavy (non-hydrogen) atoms. The van der Waals surface area contributed by atoms with E-state index in [0.717, 1.165) is 6.07 Å². The maximum absolute atomic E-state index is 12.7. The maximum Gasteiger partial charge on any atom is 0.130 e. The van der Waals surface area contributed by atoms with Crippen LogP contribution in [0.25, 0.3) is 0 Å². The van der Waals surface area contributed by atoms with Crippen LogP contribution in [0.5, 0.6) is 0 Å². The Morgan fingerprint density at radius 2 is 2.09 bits per heavy atom. The Labute approximate surface area is 69.0 Å². The molecule has 0 amide bonds. The van der Waals surface area contributed by atoms with Crippen molar-refractivity contribution < 1.29 is 8.78 Å². The van der Waals surface area contributed by atoms with Crippen LogP contribution in [0.3, 0.4) is 0 Å². The average Bonchev–Trinajstić information content (AvgIpc) is 1.95. The molecule has 0 radical (unpaired) electrons. The van der Waals surface area contributed by atoms with E-state index in [1.54, 1.807) is 0 Å². The summed E-state index contributed by atoms with van der Waals surface area (Å²) in [5.41, 5.74) is 0.404. The summed E-state index contributed by atoms with van der Waals surface area (Å²) < 4.78 is 27.5. The van der Waals surface area contributed by atoms with Crippen molar-refractivity contribution in [3.8, 4) is 0 Å². The van der Waals surface area contributed by atoms with Gasteiger partial charge < -0.3 is 0 Å². The van der Waals surface area contributed by atoms with E-state index in [1.165, 1.54) is 12.1 Å². The Hall–Kier alpha value is -0.610. The van der Waals surface area contributed by atoms with Crippen LogP contribution in [-0.2, 0) is 6.54 Å². The van der Waals surface area contributed by atoms with Crippen LogP contribution in [0.15, 0.2) is 18.2 Å². The lowest BCUT2D eigenvalue weighted by atomic mass is 10.2. The number of halogens is 2. The van der Waals surface area contributed by atoms with Gasteiger partial charge in [-0.2, -0.15) is 0 Å². The van der Waals surface area contributed by atoms with Gasteiger partial charge in [0.2, 0.25) is 0 Å². The first-order chi connectivity index (χ1) is 5.24. The smallest absolute Gasteiger partial charge is 0.130 e. The molecule has 4 heteroatoms. The predicted molar refractivity (Wildman–Crippen MR) is 42.2 cm³/mol. The first-order valence-electron chi connectivity index (χ1n) is 3.05. The molecule has 60 valence electrons. The minimum absolute atomic E-state index is 0.287. The lowest BCUT2D eigenvalue weighted by molar-refractivity contribution is 0.571. The van der Waals surface area contributed by atoms with E-state index in [4.69, 9.17) is 0 Å². The molecule has 0 saturated heterocycles. The minimum Gasteiger partial charge on any atom is -0.262 e. The van der Waals surface area contributed by atoms with E-state index in [-0.39, 0.29) is 6.54 Å². The maximum atomic E-state index is 12.7. The van der Waals surface area contributed by atoms with Crippen molar-refractivity contribution in [1.29, 1.82) is 0 Å². The van der Waals surface area contributed by atoms with E-state index in [2.05, 4.69) is 17.5 Å². The van der Waals surface area contributed by atoms with Crippen molar-refractivity contribution in [2.24, 2.45) is 0 Å². The molecule has 1 aromatic rings. The highest BCUT2D eigenvalue weighted by Crippen LogP contribution is 2.08.